The van der Waals surface area contributed by atoms with Crippen molar-refractivity contribution in [3.8, 4) is 0 Å². The van der Waals surface area contributed by atoms with Gasteiger partial charge in [-0.1, -0.05) is 13.8 Å². The van der Waals surface area contributed by atoms with E-state index in [1.54, 1.807) is 0 Å². The van der Waals surface area contributed by atoms with Crippen molar-refractivity contribution < 1.29 is 13.2 Å². The van der Waals surface area contributed by atoms with Crippen LogP contribution >= 0.6 is 0 Å². The van der Waals surface area contributed by atoms with Crippen LogP contribution < -0.4 is 11.1 Å². The van der Waals surface area contributed by atoms with Crippen LogP contribution in [-0.2, 0) is 6.18 Å². The number of nitrogens with one attached hydrogen (secondary N) is 1. The van der Waals surface area contributed by atoms with E-state index in [9.17, 15) is 13.2 Å². The number of hydrogen-bond acceptors (Lipinski definition) is 3. The van der Waals surface area contributed by atoms with Gasteiger partial charge in [0.25, 0.3) is 0 Å². The van der Waals surface area contributed by atoms with E-state index < -0.39 is 11.7 Å². The molecule has 1 aromatic rings. The first-order valence-corrected chi connectivity index (χ1v) is 5.34. The summed E-state index contributed by atoms with van der Waals surface area (Å²) < 4.78 is 37.4. The second-order valence-corrected chi connectivity index (χ2v) is 4.16. The first-order chi connectivity index (χ1) is 7.84. The number of nitrogens with two attached hydrogens (primary N) is 1. The molecule has 0 aliphatic rings. The molecule has 0 amide bonds. The van der Waals surface area contributed by atoms with Gasteiger partial charge in [-0.05, 0) is 18.1 Å². The Morgan fingerprint density at radius 3 is 2.53 bits per heavy atom. The van der Waals surface area contributed by atoms with Gasteiger partial charge >= 0.3 is 6.18 Å². The second-order valence-electron chi connectivity index (χ2n) is 4.16. The number of rotatable bonds is 4. The van der Waals surface area contributed by atoms with E-state index in [1.165, 1.54) is 0 Å². The summed E-state index contributed by atoms with van der Waals surface area (Å²) >= 11 is 0. The molecule has 0 saturated heterocycles. The Kier molecular flexibility index (Phi) is 4.34. The van der Waals surface area contributed by atoms with Gasteiger partial charge in [-0.2, -0.15) is 13.2 Å². The lowest BCUT2D eigenvalue weighted by Crippen LogP contribution is -2.34. The van der Waals surface area contributed by atoms with Gasteiger partial charge in [0.1, 0.15) is 5.82 Å². The molecule has 0 fully saturated rings. The smallest absolute Gasteiger partial charge is 0.366 e. The van der Waals surface area contributed by atoms with Gasteiger partial charge in [0.15, 0.2) is 0 Å². The predicted octanol–water partition coefficient (Wildman–Crippen LogP) is 2.50. The van der Waals surface area contributed by atoms with Crippen molar-refractivity contribution in [3.63, 3.8) is 0 Å². The summed E-state index contributed by atoms with van der Waals surface area (Å²) in [6, 6.07) is 1.84. The molecule has 0 aliphatic carbocycles. The summed E-state index contributed by atoms with van der Waals surface area (Å²) in [5.41, 5.74) is 4.82. The van der Waals surface area contributed by atoms with Crippen LogP contribution in [0, 0.1) is 5.92 Å². The minimum absolute atomic E-state index is 0.0917. The Balaban J connectivity index is 2.85. The van der Waals surface area contributed by atoms with Crippen molar-refractivity contribution in [1.29, 1.82) is 0 Å². The summed E-state index contributed by atoms with van der Waals surface area (Å²) in [6.45, 7) is 4.23. The van der Waals surface area contributed by atoms with Gasteiger partial charge in [-0.3, -0.25) is 0 Å². The number of hydrogen-bond donors (Lipinski definition) is 2. The second kappa shape index (κ2) is 5.35. The summed E-state index contributed by atoms with van der Waals surface area (Å²) in [5.74, 6) is 0.417. The molecule has 6 heteroatoms. The topological polar surface area (TPSA) is 50.9 Å². The van der Waals surface area contributed by atoms with Gasteiger partial charge in [0, 0.05) is 18.8 Å². The highest BCUT2D eigenvalue weighted by Gasteiger charge is 2.30. The third-order valence-corrected chi connectivity index (χ3v) is 2.48. The van der Waals surface area contributed by atoms with Crippen molar-refractivity contribution in [1.82, 2.24) is 4.98 Å². The molecule has 0 aliphatic heterocycles. The SMILES string of the molecule is CC(C)C(CN)Nc1cc(C(F)(F)F)ccn1. The normalized spacial score (nSPS) is 13.8. The molecule has 0 aromatic carbocycles. The largest absolute Gasteiger partial charge is 0.416 e. The van der Waals surface area contributed by atoms with Crippen LogP contribution in [0.1, 0.15) is 19.4 Å². The van der Waals surface area contributed by atoms with Crippen LogP contribution in [0.5, 0.6) is 0 Å². The van der Waals surface area contributed by atoms with Crippen LogP contribution in [0.15, 0.2) is 18.3 Å². The Labute approximate surface area is 98.2 Å². The predicted molar refractivity (Wildman–Crippen MR) is 60.5 cm³/mol. The molecule has 1 rings (SSSR count). The Hall–Kier alpha value is -1.30. The fourth-order valence-electron chi connectivity index (χ4n) is 1.37. The quantitative estimate of drug-likeness (QED) is 0.859. The molecule has 1 aromatic heterocycles. The lowest BCUT2D eigenvalue weighted by molar-refractivity contribution is -0.137. The molecule has 0 saturated carbocycles. The third kappa shape index (κ3) is 3.89. The molecule has 1 heterocycles. The van der Waals surface area contributed by atoms with Gasteiger partial charge in [0.2, 0.25) is 0 Å². The lowest BCUT2D eigenvalue weighted by atomic mass is 10.0. The maximum absolute atomic E-state index is 12.5. The summed E-state index contributed by atoms with van der Waals surface area (Å²) in [6.07, 6.45) is -3.21. The van der Waals surface area contributed by atoms with Crippen molar-refractivity contribution in [2.24, 2.45) is 11.7 Å². The van der Waals surface area contributed by atoms with E-state index in [0.717, 1.165) is 18.3 Å². The summed E-state index contributed by atoms with van der Waals surface area (Å²) in [4.78, 5) is 3.86. The highest BCUT2D eigenvalue weighted by molar-refractivity contribution is 5.39. The van der Waals surface area contributed by atoms with E-state index in [2.05, 4.69) is 10.3 Å². The van der Waals surface area contributed by atoms with E-state index in [-0.39, 0.29) is 17.8 Å². The molecule has 17 heavy (non-hydrogen) atoms. The van der Waals surface area contributed by atoms with E-state index in [0.29, 0.717) is 6.54 Å². The fourth-order valence-corrected chi connectivity index (χ4v) is 1.37. The van der Waals surface area contributed by atoms with Crippen LogP contribution in [0.2, 0.25) is 0 Å². The van der Waals surface area contributed by atoms with Crippen molar-refractivity contribution in [3.05, 3.63) is 23.9 Å². The molecule has 1 unspecified atom stereocenters. The van der Waals surface area contributed by atoms with Crippen LogP contribution in [0.3, 0.4) is 0 Å². The maximum atomic E-state index is 12.5. The van der Waals surface area contributed by atoms with Crippen LogP contribution in [-0.4, -0.2) is 17.6 Å². The highest BCUT2D eigenvalue weighted by Crippen LogP contribution is 2.30. The molecule has 96 valence electrons. The first-order valence-electron chi connectivity index (χ1n) is 5.34. The minimum atomic E-state index is -4.35. The number of alkyl halides is 3. The average Bonchev–Trinajstić information content (AvgIpc) is 2.24. The van der Waals surface area contributed by atoms with Crippen LogP contribution in [0.4, 0.5) is 19.0 Å². The van der Waals surface area contributed by atoms with Gasteiger partial charge in [-0.15, -0.1) is 0 Å². The average molecular weight is 247 g/mol. The molecule has 1 atom stereocenters. The van der Waals surface area contributed by atoms with E-state index in [1.807, 2.05) is 13.8 Å². The minimum Gasteiger partial charge on any atom is -0.366 e. The summed E-state index contributed by atoms with van der Waals surface area (Å²) in [5, 5.41) is 2.90. The molecule has 0 spiro atoms. The summed E-state index contributed by atoms with van der Waals surface area (Å²) in [7, 11) is 0. The zero-order valence-corrected chi connectivity index (χ0v) is 9.75. The molecular weight excluding hydrogens is 231 g/mol. The van der Waals surface area contributed by atoms with Crippen LogP contribution in [0.25, 0.3) is 0 Å². The number of nitrogens with zero attached hydrogens (tertiary/aromatic N) is 1. The lowest BCUT2D eigenvalue weighted by Gasteiger charge is -2.21. The molecule has 3 N–H and O–H groups in total. The molecule has 3 nitrogen and oxygen atoms in total. The highest BCUT2D eigenvalue weighted by atomic mass is 19.4. The zero-order valence-electron chi connectivity index (χ0n) is 9.75. The standard InChI is InChI=1S/C11H16F3N3/c1-7(2)9(6-15)17-10-5-8(3-4-16-10)11(12,13)14/h3-5,7,9H,6,15H2,1-2H3,(H,16,17). The zero-order chi connectivity index (χ0) is 13.1. The Morgan fingerprint density at radius 2 is 2.06 bits per heavy atom. The van der Waals surface area contributed by atoms with Crippen molar-refractivity contribution >= 4 is 5.82 Å². The van der Waals surface area contributed by atoms with Crippen molar-refractivity contribution in [2.75, 3.05) is 11.9 Å². The van der Waals surface area contributed by atoms with E-state index in [4.69, 9.17) is 5.73 Å². The van der Waals surface area contributed by atoms with Gasteiger partial charge in [-0.25, -0.2) is 4.98 Å². The third-order valence-electron chi connectivity index (χ3n) is 2.48. The molecular formula is C11H16F3N3. The van der Waals surface area contributed by atoms with Gasteiger partial charge in [0.05, 0.1) is 5.56 Å². The number of pyridine rings is 1. The number of anilines is 1. The van der Waals surface area contributed by atoms with Crippen molar-refractivity contribution in [2.45, 2.75) is 26.1 Å². The first kappa shape index (κ1) is 13.8. The number of aromatic nitrogens is 1. The monoisotopic (exact) mass is 247 g/mol. The molecule has 0 bridgehead atoms. The maximum Gasteiger partial charge on any atom is 0.416 e. The molecule has 0 radical (unpaired) electrons. The van der Waals surface area contributed by atoms with E-state index >= 15 is 0 Å². The number of halogens is 3. The Morgan fingerprint density at radius 1 is 1.41 bits per heavy atom. The Bertz CT molecular complexity index is 363. The van der Waals surface area contributed by atoms with Gasteiger partial charge < -0.3 is 11.1 Å². The fraction of sp³-hybridized carbons (Fsp3) is 0.545.